The molecule has 0 aliphatic carbocycles. The second kappa shape index (κ2) is 6.32. The van der Waals surface area contributed by atoms with E-state index in [9.17, 15) is 0 Å². The van der Waals surface area contributed by atoms with E-state index in [2.05, 4.69) is 63.7 Å². The fraction of sp³-hybridized carbons (Fsp3) is 0.471. The third-order valence-electron chi connectivity index (χ3n) is 4.45. The lowest BCUT2D eigenvalue weighted by molar-refractivity contribution is 0.402. The Morgan fingerprint density at radius 2 is 2.05 bits per heavy atom. The standard InChI is InChI=1S/C17H22BrN3/c1-3-17-16(11-21(2)20-17)14-8-9-19-10-15(14)12-4-6-13(18)7-5-12/h4-7,11,14-15,19H,3,8-10H2,1-2H3. The first-order valence-electron chi connectivity index (χ1n) is 7.67. The van der Waals surface area contributed by atoms with Crippen LogP contribution in [0, 0.1) is 0 Å². The van der Waals surface area contributed by atoms with Crippen LogP contribution in [0.25, 0.3) is 0 Å². The number of hydrogen-bond donors (Lipinski definition) is 1. The lowest BCUT2D eigenvalue weighted by Crippen LogP contribution is -2.34. The molecule has 0 bridgehead atoms. The van der Waals surface area contributed by atoms with Crippen LogP contribution >= 0.6 is 15.9 Å². The Morgan fingerprint density at radius 3 is 2.76 bits per heavy atom. The monoisotopic (exact) mass is 347 g/mol. The molecule has 1 fully saturated rings. The van der Waals surface area contributed by atoms with Crippen molar-refractivity contribution in [3.05, 3.63) is 51.8 Å². The Bertz CT molecular complexity index is 603. The highest BCUT2D eigenvalue weighted by Crippen LogP contribution is 2.38. The van der Waals surface area contributed by atoms with Gasteiger partial charge >= 0.3 is 0 Å². The molecular weight excluding hydrogens is 326 g/mol. The maximum atomic E-state index is 4.64. The Balaban J connectivity index is 1.96. The van der Waals surface area contributed by atoms with Crippen LogP contribution in [-0.4, -0.2) is 22.9 Å². The number of halogens is 1. The van der Waals surface area contributed by atoms with Gasteiger partial charge in [0.2, 0.25) is 0 Å². The van der Waals surface area contributed by atoms with Gasteiger partial charge in [-0.15, -0.1) is 0 Å². The van der Waals surface area contributed by atoms with Gasteiger partial charge in [0.15, 0.2) is 0 Å². The fourth-order valence-corrected chi connectivity index (χ4v) is 3.69. The van der Waals surface area contributed by atoms with Gasteiger partial charge in [0, 0.05) is 30.2 Å². The van der Waals surface area contributed by atoms with Gasteiger partial charge in [0.1, 0.15) is 0 Å². The molecule has 4 heteroatoms. The molecule has 0 radical (unpaired) electrons. The minimum Gasteiger partial charge on any atom is -0.316 e. The molecule has 2 atom stereocenters. The second-order valence-electron chi connectivity index (χ2n) is 5.82. The Kier molecular flexibility index (Phi) is 4.45. The van der Waals surface area contributed by atoms with Crippen LogP contribution in [0.4, 0.5) is 0 Å². The minimum absolute atomic E-state index is 0.529. The summed E-state index contributed by atoms with van der Waals surface area (Å²) in [7, 11) is 2.03. The van der Waals surface area contributed by atoms with Crippen molar-refractivity contribution in [2.45, 2.75) is 31.6 Å². The predicted octanol–water partition coefficient (Wildman–Crippen LogP) is 3.61. The van der Waals surface area contributed by atoms with Crippen LogP contribution in [0.3, 0.4) is 0 Å². The number of aryl methyl sites for hydroxylation is 2. The van der Waals surface area contributed by atoms with E-state index in [1.54, 1.807) is 0 Å². The van der Waals surface area contributed by atoms with Crippen molar-refractivity contribution in [2.75, 3.05) is 13.1 Å². The van der Waals surface area contributed by atoms with Crippen LogP contribution < -0.4 is 5.32 Å². The predicted molar refractivity (Wildman–Crippen MR) is 89.7 cm³/mol. The van der Waals surface area contributed by atoms with E-state index in [0.717, 1.165) is 24.0 Å². The van der Waals surface area contributed by atoms with Crippen LogP contribution in [0.15, 0.2) is 34.9 Å². The van der Waals surface area contributed by atoms with Crippen molar-refractivity contribution in [3.63, 3.8) is 0 Å². The topological polar surface area (TPSA) is 29.9 Å². The van der Waals surface area contributed by atoms with Crippen LogP contribution in [0.5, 0.6) is 0 Å². The molecule has 1 aromatic carbocycles. The first-order valence-corrected chi connectivity index (χ1v) is 8.47. The molecule has 3 nitrogen and oxygen atoms in total. The molecule has 0 spiro atoms. The van der Waals surface area contributed by atoms with E-state index < -0.39 is 0 Å². The van der Waals surface area contributed by atoms with Gasteiger partial charge < -0.3 is 5.32 Å². The normalized spacial score (nSPS) is 22.4. The lowest BCUT2D eigenvalue weighted by atomic mass is 9.77. The van der Waals surface area contributed by atoms with E-state index >= 15 is 0 Å². The van der Waals surface area contributed by atoms with E-state index in [-0.39, 0.29) is 0 Å². The average molecular weight is 348 g/mol. The Labute approximate surface area is 134 Å². The zero-order valence-corrected chi connectivity index (χ0v) is 14.2. The van der Waals surface area contributed by atoms with Crippen LogP contribution in [0.2, 0.25) is 0 Å². The zero-order chi connectivity index (χ0) is 14.8. The zero-order valence-electron chi connectivity index (χ0n) is 12.6. The highest BCUT2D eigenvalue weighted by atomic mass is 79.9. The van der Waals surface area contributed by atoms with Crippen molar-refractivity contribution in [2.24, 2.45) is 7.05 Å². The van der Waals surface area contributed by atoms with Gasteiger partial charge in [-0.2, -0.15) is 5.10 Å². The van der Waals surface area contributed by atoms with Gasteiger partial charge in [0.05, 0.1) is 5.69 Å². The smallest absolute Gasteiger partial charge is 0.0656 e. The van der Waals surface area contributed by atoms with E-state index in [1.807, 2.05) is 11.7 Å². The Hall–Kier alpha value is -1.13. The third-order valence-corrected chi connectivity index (χ3v) is 4.98. The number of nitrogens with zero attached hydrogens (tertiary/aromatic N) is 2. The molecule has 2 aromatic rings. The van der Waals surface area contributed by atoms with Crippen LogP contribution in [0.1, 0.15) is 42.0 Å². The van der Waals surface area contributed by atoms with Crippen LogP contribution in [-0.2, 0) is 13.5 Å². The molecule has 21 heavy (non-hydrogen) atoms. The van der Waals surface area contributed by atoms with Gasteiger partial charge in [0.25, 0.3) is 0 Å². The second-order valence-corrected chi connectivity index (χ2v) is 6.73. The van der Waals surface area contributed by atoms with Gasteiger partial charge in [-0.25, -0.2) is 0 Å². The molecule has 1 saturated heterocycles. The minimum atomic E-state index is 0.529. The number of rotatable bonds is 3. The highest BCUT2D eigenvalue weighted by molar-refractivity contribution is 9.10. The van der Waals surface area contributed by atoms with E-state index in [0.29, 0.717) is 11.8 Å². The summed E-state index contributed by atoms with van der Waals surface area (Å²) in [5, 5.41) is 8.19. The maximum Gasteiger partial charge on any atom is 0.0656 e. The van der Waals surface area contributed by atoms with Crippen molar-refractivity contribution in [3.8, 4) is 0 Å². The molecule has 112 valence electrons. The quantitative estimate of drug-likeness (QED) is 0.919. The lowest BCUT2D eigenvalue weighted by Gasteiger charge is -2.32. The molecule has 1 aliphatic rings. The summed E-state index contributed by atoms with van der Waals surface area (Å²) < 4.78 is 3.11. The summed E-state index contributed by atoms with van der Waals surface area (Å²) in [5.41, 5.74) is 4.11. The molecule has 1 aliphatic heterocycles. The maximum absolute atomic E-state index is 4.64. The van der Waals surface area contributed by atoms with Crippen molar-refractivity contribution in [1.29, 1.82) is 0 Å². The first-order chi connectivity index (χ1) is 10.2. The highest BCUT2D eigenvalue weighted by Gasteiger charge is 2.30. The largest absolute Gasteiger partial charge is 0.316 e. The fourth-order valence-electron chi connectivity index (χ4n) is 3.43. The number of piperidine rings is 1. The molecule has 0 amide bonds. The first kappa shape index (κ1) is 14.8. The summed E-state index contributed by atoms with van der Waals surface area (Å²) >= 11 is 3.53. The summed E-state index contributed by atoms with van der Waals surface area (Å²) in [6.07, 6.45) is 4.41. The summed E-state index contributed by atoms with van der Waals surface area (Å²) in [6.45, 7) is 4.33. The van der Waals surface area contributed by atoms with Crippen molar-refractivity contribution < 1.29 is 0 Å². The van der Waals surface area contributed by atoms with Gasteiger partial charge in [-0.05, 0) is 48.6 Å². The van der Waals surface area contributed by atoms with Gasteiger partial charge in [-0.3, -0.25) is 4.68 Å². The van der Waals surface area contributed by atoms with Gasteiger partial charge in [-0.1, -0.05) is 35.0 Å². The summed E-state index contributed by atoms with van der Waals surface area (Å²) in [5.74, 6) is 1.09. The van der Waals surface area contributed by atoms with Crippen molar-refractivity contribution >= 4 is 15.9 Å². The van der Waals surface area contributed by atoms with E-state index in [4.69, 9.17) is 0 Å². The summed E-state index contributed by atoms with van der Waals surface area (Å²) in [6, 6.07) is 8.78. The number of benzene rings is 1. The third kappa shape index (κ3) is 3.06. The SMILES string of the molecule is CCc1nn(C)cc1C1CCNCC1c1ccc(Br)cc1. The number of nitrogens with one attached hydrogen (secondary N) is 1. The van der Waals surface area contributed by atoms with E-state index in [1.165, 1.54) is 23.2 Å². The number of aromatic nitrogens is 2. The van der Waals surface area contributed by atoms with Crippen molar-refractivity contribution in [1.82, 2.24) is 15.1 Å². The Morgan fingerprint density at radius 1 is 1.29 bits per heavy atom. The molecule has 2 unspecified atom stereocenters. The molecule has 1 N–H and O–H groups in total. The number of hydrogen-bond acceptors (Lipinski definition) is 2. The molecule has 3 rings (SSSR count). The summed E-state index contributed by atoms with van der Waals surface area (Å²) in [4.78, 5) is 0. The molecule has 2 heterocycles. The molecular formula is C17H22BrN3. The molecule has 1 aromatic heterocycles. The average Bonchev–Trinajstić information content (AvgIpc) is 2.89. The molecule has 0 saturated carbocycles.